The van der Waals surface area contributed by atoms with Crippen molar-refractivity contribution in [1.29, 1.82) is 0 Å². The molecule has 2 unspecified atom stereocenters. The average molecular weight is 514 g/mol. The van der Waals surface area contributed by atoms with Gasteiger partial charge in [-0.3, -0.25) is 9.59 Å². The minimum absolute atomic E-state index is 0.141. The lowest BCUT2D eigenvalue weighted by molar-refractivity contribution is -0.140. The first-order chi connectivity index (χ1) is 15.2. The SMILES string of the molecule is CS(=O)(=O)c1ccc(CN2C(=O)c3ccccc3C(C(=O)O)C2c2ccc(Br)cc2)cc1. The zero-order valence-electron chi connectivity index (χ0n) is 17.1. The molecule has 0 aliphatic carbocycles. The Morgan fingerprint density at radius 1 is 1.00 bits per heavy atom. The molecule has 1 aliphatic heterocycles. The quantitative estimate of drug-likeness (QED) is 0.545. The van der Waals surface area contributed by atoms with E-state index in [0.29, 0.717) is 22.3 Å². The highest BCUT2D eigenvalue weighted by molar-refractivity contribution is 9.10. The smallest absolute Gasteiger partial charge is 0.313 e. The van der Waals surface area contributed by atoms with Crippen molar-refractivity contribution in [1.82, 2.24) is 4.90 Å². The van der Waals surface area contributed by atoms with Crippen LogP contribution in [0.2, 0.25) is 0 Å². The number of rotatable bonds is 5. The number of carbonyl (C=O) groups is 2. The number of carboxylic acids is 1. The zero-order chi connectivity index (χ0) is 23.0. The Kier molecular flexibility index (Phi) is 5.92. The van der Waals surface area contributed by atoms with Crippen LogP contribution in [0.25, 0.3) is 0 Å². The van der Waals surface area contributed by atoms with Crippen LogP contribution in [0.15, 0.2) is 82.2 Å². The molecular weight excluding hydrogens is 494 g/mol. The summed E-state index contributed by atoms with van der Waals surface area (Å²) in [7, 11) is -3.34. The first kappa shape index (κ1) is 22.2. The molecule has 0 fully saturated rings. The van der Waals surface area contributed by atoms with Gasteiger partial charge in [-0.25, -0.2) is 8.42 Å². The third kappa shape index (κ3) is 4.20. The Balaban J connectivity index is 1.83. The van der Waals surface area contributed by atoms with Gasteiger partial charge in [0.1, 0.15) is 5.92 Å². The Bertz CT molecular complexity index is 1290. The minimum Gasteiger partial charge on any atom is -0.481 e. The molecule has 2 atom stereocenters. The largest absolute Gasteiger partial charge is 0.481 e. The number of amides is 1. The van der Waals surface area contributed by atoms with E-state index < -0.39 is 27.8 Å². The molecule has 164 valence electrons. The van der Waals surface area contributed by atoms with Gasteiger partial charge in [-0.15, -0.1) is 0 Å². The van der Waals surface area contributed by atoms with Crippen molar-refractivity contribution in [3.05, 3.63) is 99.5 Å². The van der Waals surface area contributed by atoms with Crippen molar-refractivity contribution in [2.24, 2.45) is 0 Å². The number of hydrogen-bond donors (Lipinski definition) is 1. The maximum Gasteiger partial charge on any atom is 0.313 e. The van der Waals surface area contributed by atoms with Gasteiger partial charge in [0.05, 0.1) is 10.9 Å². The summed E-state index contributed by atoms with van der Waals surface area (Å²) < 4.78 is 24.4. The monoisotopic (exact) mass is 513 g/mol. The number of halogens is 1. The van der Waals surface area contributed by atoms with E-state index in [1.165, 1.54) is 12.1 Å². The van der Waals surface area contributed by atoms with Crippen LogP contribution < -0.4 is 0 Å². The number of sulfone groups is 1. The van der Waals surface area contributed by atoms with Crippen LogP contribution in [-0.2, 0) is 21.2 Å². The molecule has 6 nitrogen and oxygen atoms in total. The summed E-state index contributed by atoms with van der Waals surface area (Å²) in [5.74, 6) is -2.23. The fraction of sp³-hybridized carbons (Fsp3) is 0.167. The summed E-state index contributed by atoms with van der Waals surface area (Å²) in [6.07, 6.45) is 1.13. The zero-order valence-corrected chi connectivity index (χ0v) is 19.5. The average Bonchev–Trinajstić information content (AvgIpc) is 2.75. The van der Waals surface area contributed by atoms with E-state index >= 15 is 0 Å². The first-order valence-corrected chi connectivity index (χ1v) is 12.5. The molecule has 0 spiro atoms. The minimum atomic E-state index is -3.34. The van der Waals surface area contributed by atoms with Crippen LogP contribution in [0.1, 0.15) is 39.0 Å². The van der Waals surface area contributed by atoms with Gasteiger partial charge in [-0.1, -0.05) is 58.4 Å². The third-order valence-corrected chi connectivity index (χ3v) is 7.28. The topological polar surface area (TPSA) is 91.8 Å². The Morgan fingerprint density at radius 3 is 2.22 bits per heavy atom. The van der Waals surface area contributed by atoms with Gasteiger partial charge in [-0.2, -0.15) is 0 Å². The summed E-state index contributed by atoms with van der Waals surface area (Å²) >= 11 is 3.40. The van der Waals surface area contributed by atoms with Crippen LogP contribution in [-0.4, -0.2) is 36.6 Å². The van der Waals surface area contributed by atoms with Gasteiger partial charge in [0.15, 0.2) is 9.84 Å². The number of hydrogen-bond acceptors (Lipinski definition) is 4. The number of fused-ring (bicyclic) bond motifs is 1. The van der Waals surface area contributed by atoms with E-state index in [0.717, 1.165) is 10.7 Å². The van der Waals surface area contributed by atoms with Gasteiger partial charge >= 0.3 is 5.97 Å². The summed E-state index contributed by atoms with van der Waals surface area (Å²) in [4.78, 5) is 27.6. The van der Waals surface area contributed by atoms with E-state index in [-0.39, 0.29) is 17.3 Å². The van der Waals surface area contributed by atoms with Crippen molar-refractivity contribution in [3.63, 3.8) is 0 Å². The highest BCUT2D eigenvalue weighted by atomic mass is 79.9. The van der Waals surface area contributed by atoms with Crippen molar-refractivity contribution in [2.45, 2.75) is 23.4 Å². The third-order valence-electron chi connectivity index (χ3n) is 5.62. The molecule has 0 saturated carbocycles. The van der Waals surface area contributed by atoms with Crippen molar-refractivity contribution < 1.29 is 23.1 Å². The molecule has 3 aromatic carbocycles. The molecule has 0 saturated heterocycles. The van der Waals surface area contributed by atoms with Gasteiger partial charge in [0, 0.05) is 22.8 Å². The second-order valence-electron chi connectivity index (χ2n) is 7.75. The number of aliphatic carboxylic acids is 1. The molecule has 8 heteroatoms. The standard InChI is InChI=1S/C24H20BrNO5S/c1-32(30,31)18-12-6-15(7-13-18)14-26-22(16-8-10-17(25)11-9-16)21(24(28)29)19-4-2-3-5-20(19)23(26)27/h2-13,21-22H,14H2,1H3,(H,28,29). The molecule has 0 aromatic heterocycles. The number of nitrogens with zero attached hydrogens (tertiary/aromatic N) is 1. The normalized spacial score (nSPS) is 18.3. The van der Waals surface area contributed by atoms with E-state index in [1.807, 2.05) is 24.3 Å². The van der Waals surface area contributed by atoms with Gasteiger partial charge < -0.3 is 10.0 Å². The molecule has 4 rings (SSSR count). The van der Waals surface area contributed by atoms with Crippen LogP contribution in [0.5, 0.6) is 0 Å². The lowest BCUT2D eigenvalue weighted by Crippen LogP contribution is -2.44. The summed E-state index contributed by atoms with van der Waals surface area (Å²) in [6, 6.07) is 19.6. The highest BCUT2D eigenvalue weighted by Gasteiger charge is 2.44. The van der Waals surface area contributed by atoms with Crippen molar-refractivity contribution >= 4 is 37.6 Å². The van der Waals surface area contributed by atoms with Crippen molar-refractivity contribution in [3.8, 4) is 0 Å². The number of carbonyl (C=O) groups excluding carboxylic acids is 1. The second-order valence-corrected chi connectivity index (χ2v) is 10.7. The predicted molar refractivity (Wildman–Crippen MR) is 123 cm³/mol. The van der Waals surface area contributed by atoms with Crippen LogP contribution in [0, 0.1) is 0 Å². The van der Waals surface area contributed by atoms with Gasteiger partial charge in [0.25, 0.3) is 5.91 Å². The van der Waals surface area contributed by atoms with E-state index in [9.17, 15) is 23.1 Å². The highest BCUT2D eigenvalue weighted by Crippen LogP contribution is 2.43. The maximum absolute atomic E-state index is 13.5. The van der Waals surface area contributed by atoms with E-state index in [1.54, 1.807) is 41.3 Å². The molecule has 1 aliphatic rings. The molecule has 1 amide bonds. The maximum atomic E-state index is 13.5. The summed E-state index contributed by atoms with van der Waals surface area (Å²) in [5.41, 5.74) is 2.26. The lowest BCUT2D eigenvalue weighted by Gasteiger charge is -2.41. The molecule has 1 heterocycles. The first-order valence-electron chi connectivity index (χ1n) is 9.84. The van der Waals surface area contributed by atoms with Gasteiger partial charge in [-0.05, 0) is 47.0 Å². The number of carboxylic acid groups (broad SMARTS) is 1. The predicted octanol–water partition coefficient (Wildman–Crippen LogP) is 4.42. The molecular formula is C24H20BrNO5S. The van der Waals surface area contributed by atoms with Gasteiger partial charge in [0.2, 0.25) is 0 Å². The van der Waals surface area contributed by atoms with E-state index in [4.69, 9.17) is 0 Å². The summed E-state index contributed by atoms with van der Waals surface area (Å²) in [6.45, 7) is 0.141. The second kappa shape index (κ2) is 8.52. The van der Waals surface area contributed by atoms with Crippen molar-refractivity contribution in [2.75, 3.05) is 6.26 Å². The number of benzene rings is 3. The van der Waals surface area contributed by atoms with E-state index in [2.05, 4.69) is 15.9 Å². The Labute approximate surface area is 194 Å². The van der Waals surface area contributed by atoms with Crippen LogP contribution >= 0.6 is 15.9 Å². The summed E-state index contributed by atoms with van der Waals surface area (Å²) in [5, 5.41) is 10.2. The Hall–Kier alpha value is -2.97. The van der Waals surface area contributed by atoms with Crippen LogP contribution in [0.3, 0.4) is 0 Å². The fourth-order valence-corrected chi connectivity index (χ4v) is 5.00. The van der Waals surface area contributed by atoms with Crippen LogP contribution in [0.4, 0.5) is 0 Å². The molecule has 32 heavy (non-hydrogen) atoms. The fourth-order valence-electron chi connectivity index (χ4n) is 4.10. The molecule has 0 bridgehead atoms. The molecule has 1 N–H and O–H groups in total. The Morgan fingerprint density at radius 2 is 1.62 bits per heavy atom. The molecule has 3 aromatic rings. The lowest BCUT2D eigenvalue weighted by atomic mass is 9.79. The molecule has 0 radical (unpaired) electrons.